The molecule has 32 heavy (non-hydrogen) atoms. The third-order valence-corrected chi connectivity index (χ3v) is 4.56. The lowest BCUT2D eigenvalue weighted by atomic mass is 9.99. The molecule has 0 spiro atoms. The van der Waals surface area contributed by atoms with Crippen LogP contribution in [0.4, 0.5) is 0 Å². The number of hydrogen-bond donors (Lipinski definition) is 7. The molecule has 12 nitrogen and oxygen atoms in total. The van der Waals surface area contributed by atoms with Gasteiger partial charge < -0.3 is 38.3 Å². The Bertz CT molecular complexity index is 675. The van der Waals surface area contributed by atoms with Gasteiger partial charge in [0.15, 0.2) is 5.96 Å². The van der Waals surface area contributed by atoms with E-state index in [1.165, 1.54) is 6.92 Å². The van der Waals surface area contributed by atoms with Gasteiger partial charge in [0.05, 0.1) is 6.04 Å². The molecule has 0 heterocycles. The molecule has 184 valence electrons. The Morgan fingerprint density at radius 3 is 1.88 bits per heavy atom. The van der Waals surface area contributed by atoms with Crippen LogP contribution in [-0.4, -0.2) is 65.5 Å². The normalized spacial score (nSPS) is 14.8. The largest absolute Gasteiger partial charge is 0.480 e. The molecule has 0 fully saturated rings. The molecular weight excluding hydrogens is 418 g/mol. The zero-order chi connectivity index (χ0) is 25.0. The fourth-order valence-electron chi connectivity index (χ4n) is 2.82. The van der Waals surface area contributed by atoms with E-state index < -0.39 is 47.9 Å². The summed E-state index contributed by atoms with van der Waals surface area (Å²) in [5, 5.41) is 17.1. The van der Waals surface area contributed by atoms with Crippen LogP contribution in [0.5, 0.6) is 0 Å². The highest BCUT2D eigenvalue weighted by Crippen LogP contribution is 2.09. The number of guanidine groups is 1. The number of nitrogens with zero attached hydrogens (tertiary/aromatic N) is 1. The Balaban J connectivity index is 5.39. The number of carboxylic acids is 1. The summed E-state index contributed by atoms with van der Waals surface area (Å²) in [5.41, 5.74) is 16.2. The van der Waals surface area contributed by atoms with Crippen LogP contribution in [0.25, 0.3) is 0 Å². The molecule has 0 aromatic heterocycles. The van der Waals surface area contributed by atoms with Crippen molar-refractivity contribution in [2.45, 2.75) is 78.0 Å². The van der Waals surface area contributed by atoms with Crippen LogP contribution in [0.3, 0.4) is 0 Å². The summed E-state index contributed by atoms with van der Waals surface area (Å²) in [4.78, 5) is 53.0. The second kappa shape index (κ2) is 14.2. The lowest BCUT2D eigenvalue weighted by Gasteiger charge is -2.27. The first kappa shape index (κ1) is 29.1. The van der Waals surface area contributed by atoms with Gasteiger partial charge in [-0.25, -0.2) is 4.79 Å². The van der Waals surface area contributed by atoms with Crippen LogP contribution < -0.4 is 33.2 Å². The van der Waals surface area contributed by atoms with Crippen LogP contribution in [0, 0.1) is 11.8 Å². The highest BCUT2D eigenvalue weighted by Gasteiger charge is 2.31. The third kappa shape index (κ3) is 11.5. The van der Waals surface area contributed by atoms with E-state index >= 15 is 0 Å². The van der Waals surface area contributed by atoms with Crippen molar-refractivity contribution in [3.63, 3.8) is 0 Å². The van der Waals surface area contributed by atoms with Crippen LogP contribution in [0.15, 0.2) is 4.99 Å². The molecule has 0 aromatic rings. The summed E-state index contributed by atoms with van der Waals surface area (Å²) < 4.78 is 0. The van der Waals surface area contributed by atoms with Gasteiger partial charge in [0.2, 0.25) is 17.7 Å². The Morgan fingerprint density at radius 2 is 1.44 bits per heavy atom. The Kier molecular flexibility index (Phi) is 12.9. The minimum Gasteiger partial charge on any atom is -0.480 e. The number of carbonyl (C=O) groups excluding carboxylic acids is 3. The summed E-state index contributed by atoms with van der Waals surface area (Å²) in [5.74, 6) is -3.25. The molecule has 0 aliphatic rings. The van der Waals surface area contributed by atoms with Crippen LogP contribution in [0.2, 0.25) is 0 Å². The minimum atomic E-state index is -1.15. The molecule has 4 atom stereocenters. The SMILES string of the molecule is CC(C)CC(NC(=O)C(NC(=O)C(CCCN=C(N)N)NC(=O)C(C)N)C(C)C)C(=O)O. The van der Waals surface area contributed by atoms with Crippen molar-refractivity contribution < 1.29 is 24.3 Å². The number of hydrogen-bond acceptors (Lipinski definition) is 6. The maximum Gasteiger partial charge on any atom is 0.326 e. The van der Waals surface area contributed by atoms with Gasteiger partial charge in [-0.2, -0.15) is 0 Å². The summed E-state index contributed by atoms with van der Waals surface area (Å²) >= 11 is 0. The van der Waals surface area contributed by atoms with Gasteiger partial charge in [-0.3, -0.25) is 19.4 Å². The molecule has 0 radical (unpaired) electrons. The summed E-state index contributed by atoms with van der Waals surface area (Å²) in [7, 11) is 0. The zero-order valence-corrected chi connectivity index (χ0v) is 19.6. The van der Waals surface area contributed by atoms with E-state index in [-0.39, 0.29) is 37.2 Å². The van der Waals surface area contributed by atoms with Crippen LogP contribution in [0.1, 0.15) is 53.9 Å². The Labute approximate surface area is 189 Å². The Morgan fingerprint density at radius 1 is 0.875 bits per heavy atom. The van der Waals surface area contributed by atoms with Crippen molar-refractivity contribution in [3.8, 4) is 0 Å². The number of aliphatic carboxylic acids is 1. The number of carbonyl (C=O) groups is 4. The van der Waals surface area contributed by atoms with Crippen LogP contribution in [-0.2, 0) is 19.2 Å². The number of rotatable bonds is 14. The topological polar surface area (TPSA) is 215 Å². The van der Waals surface area contributed by atoms with E-state index in [4.69, 9.17) is 17.2 Å². The molecule has 0 saturated carbocycles. The lowest BCUT2D eigenvalue weighted by Crippen LogP contribution is -2.58. The van der Waals surface area contributed by atoms with Crippen molar-refractivity contribution in [1.29, 1.82) is 0 Å². The van der Waals surface area contributed by atoms with Gasteiger partial charge in [-0.15, -0.1) is 0 Å². The van der Waals surface area contributed by atoms with E-state index in [0.717, 1.165) is 0 Å². The van der Waals surface area contributed by atoms with E-state index in [2.05, 4.69) is 20.9 Å². The number of amides is 3. The van der Waals surface area contributed by atoms with Crippen molar-refractivity contribution in [3.05, 3.63) is 0 Å². The predicted molar refractivity (Wildman–Crippen MR) is 121 cm³/mol. The van der Waals surface area contributed by atoms with Gasteiger partial charge in [-0.05, 0) is 38.0 Å². The van der Waals surface area contributed by atoms with Crippen molar-refractivity contribution >= 4 is 29.7 Å². The quantitative estimate of drug-likeness (QED) is 0.0935. The molecule has 0 aliphatic heterocycles. The summed E-state index contributed by atoms with van der Waals surface area (Å²) in [6.07, 6.45) is 0.847. The average Bonchev–Trinajstić information content (AvgIpc) is 2.66. The standard InChI is InChI=1S/C20H39N7O5/c1-10(2)9-14(19(31)32)26-18(30)15(11(3)4)27-17(29)13(25-16(28)12(5)21)7-6-8-24-20(22)23/h10-15H,6-9,21H2,1-5H3,(H,25,28)(H,26,30)(H,27,29)(H,31,32)(H4,22,23,24). The van der Waals surface area contributed by atoms with Gasteiger partial charge in [0.1, 0.15) is 18.1 Å². The average molecular weight is 458 g/mol. The minimum absolute atomic E-state index is 0.0477. The number of carboxylic acid groups (broad SMARTS) is 1. The first-order valence-corrected chi connectivity index (χ1v) is 10.7. The van der Waals surface area contributed by atoms with Crippen molar-refractivity contribution in [2.24, 2.45) is 34.0 Å². The van der Waals surface area contributed by atoms with Gasteiger partial charge >= 0.3 is 5.97 Å². The van der Waals surface area contributed by atoms with Gasteiger partial charge in [0, 0.05) is 6.54 Å². The molecular formula is C20H39N7O5. The maximum atomic E-state index is 12.9. The predicted octanol–water partition coefficient (Wildman–Crippen LogP) is -1.37. The molecule has 0 bridgehead atoms. The van der Waals surface area contributed by atoms with Gasteiger partial charge in [0.25, 0.3) is 0 Å². The smallest absolute Gasteiger partial charge is 0.326 e. The van der Waals surface area contributed by atoms with Gasteiger partial charge in [-0.1, -0.05) is 27.7 Å². The fourth-order valence-corrected chi connectivity index (χ4v) is 2.82. The van der Waals surface area contributed by atoms with Crippen molar-refractivity contribution in [1.82, 2.24) is 16.0 Å². The summed E-state index contributed by atoms with van der Waals surface area (Å²) in [6.45, 7) is 8.86. The van der Waals surface area contributed by atoms with E-state index in [1.54, 1.807) is 13.8 Å². The van der Waals surface area contributed by atoms with Crippen LogP contribution >= 0.6 is 0 Å². The lowest BCUT2D eigenvalue weighted by molar-refractivity contribution is -0.143. The molecule has 0 aliphatic carbocycles. The van der Waals surface area contributed by atoms with E-state index in [0.29, 0.717) is 6.42 Å². The molecule has 4 unspecified atom stereocenters. The van der Waals surface area contributed by atoms with E-state index in [9.17, 15) is 24.3 Å². The molecule has 0 rings (SSSR count). The highest BCUT2D eigenvalue weighted by molar-refractivity contribution is 5.94. The second-order valence-electron chi connectivity index (χ2n) is 8.56. The third-order valence-electron chi connectivity index (χ3n) is 4.56. The highest BCUT2D eigenvalue weighted by atomic mass is 16.4. The molecule has 0 saturated heterocycles. The number of nitrogens with two attached hydrogens (primary N) is 3. The monoisotopic (exact) mass is 457 g/mol. The fraction of sp³-hybridized carbons (Fsp3) is 0.750. The number of aliphatic imine (C=N–C) groups is 1. The second-order valence-corrected chi connectivity index (χ2v) is 8.56. The Hall–Kier alpha value is -2.89. The molecule has 12 heteroatoms. The van der Waals surface area contributed by atoms with Crippen molar-refractivity contribution in [2.75, 3.05) is 6.54 Å². The molecule has 3 amide bonds. The molecule has 10 N–H and O–H groups in total. The first-order chi connectivity index (χ1) is 14.8. The first-order valence-electron chi connectivity index (χ1n) is 10.7. The van der Waals surface area contributed by atoms with E-state index in [1.807, 2.05) is 13.8 Å². The summed E-state index contributed by atoms with van der Waals surface area (Å²) in [6, 6.07) is -3.88. The maximum absolute atomic E-state index is 12.9. The zero-order valence-electron chi connectivity index (χ0n) is 19.6. The number of nitrogens with one attached hydrogen (secondary N) is 3. The molecule has 0 aromatic carbocycles.